The van der Waals surface area contributed by atoms with Crippen LogP contribution in [-0.2, 0) is 14.3 Å². The third kappa shape index (κ3) is 4.22. The first-order chi connectivity index (χ1) is 21.0. The molecule has 0 fully saturated rings. The Bertz CT molecular complexity index is 2000. The molecule has 0 aromatic carbocycles. The second kappa shape index (κ2) is 10.5. The van der Waals surface area contributed by atoms with Crippen LogP contribution >= 0.6 is 0 Å². The van der Waals surface area contributed by atoms with Crippen molar-refractivity contribution in [2.24, 2.45) is 0 Å². The molecule has 2 aromatic rings. The van der Waals surface area contributed by atoms with Gasteiger partial charge in [0.05, 0.1) is 35.4 Å². The Balaban J connectivity index is 1.82. The minimum atomic E-state index is -0.914. The number of fused-ring (bicyclic) bond motifs is 8. The number of carboxylic acids is 1. The van der Waals surface area contributed by atoms with Crippen molar-refractivity contribution in [1.29, 1.82) is 0 Å². The maximum absolute atomic E-state index is 13.2. The van der Waals surface area contributed by atoms with E-state index in [0.29, 0.717) is 40.0 Å². The predicted molar refractivity (Wildman–Crippen MR) is 172 cm³/mol. The second-order valence-corrected chi connectivity index (χ2v) is 11.5. The average molecular weight is 591 g/mol. The monoisotopic (exact) mass is 590 g/mol. The van der Waals surface area contributed by atoms with Crippen molar-refractivity contribution < 1.29 is 24.5 Å². The maximum Gasteiger partial charge on any atom is 0.342 e. The van der Waals surface area contributed by atoms with Gasteiger partial charge in [0.25, 0.3) is 0 Å². The van der Waals surface area contributed by atoms with Crippen molar-refractivity contribution in [2.75, 3.05) is 7.11 Å². The van der Waals surface area contributed by atoms with Crippen LogP contribution in [0.1, 0.15) is 96.3 Å². The van der Waals surface area contributed by atoms with Gasteiger partial charge in [0.2, 0.25) is 0 Å². The average Bonchev–Trinajstić information content (AvgIpc) is 3.72. The summed E-state index contributed by atoms with van der Waals surface area (Å²) in [6.07, 6.45) is 3.81. The Morgan fingerprint density at radius 3 is 2.16 bits per heavy atom. The van der Waals surface area contributed by atoms with Crippen molar-refractivity contribution >= 4 is 56.6 Å². The number of aromatic amines is 2. The number of hydrogen-bond acceptors (Lipinski definition) is 6. The summed E-state index contributed by atoms with van der Waals surface area (Å²) in [6.45, 7) is 16.0. The van der Waals surface area contributed by atoms with Crippen LogP contribution in [0.2, 0.25) is 0 Å². The molecule has 0 unspecified atom stereocenters. The van der Waals surface area contributed by atoms with E-state index >= 15 is 0 Å². The lowest BCUT2D eigenvalue weighted by molar-refractivity contribution is -0.137. The molecule has 4 N–H and O–H groups in total. The van der Waals surface area contributed by atoms with Crippen LogP contribution in [0.4, 0.5) is 0 Å². The lowest BCUT2D eigenvalue weighted by Crippen LogP contribution is -2.10. The van der Waals surface area contributed by atoms with E-state index in [0.717, 1.165) is 50.6 Å². The fourth-order valence-electron chi connectivity index (χ4n) is 6.73. The fraction of sp³-hybridized carbons (Fsp3) is 0.257. The van der Waals surface area contributed by atoms with Gasteiger partial charge in [0.15, 0.2) is 0 Å². The zero-order chi connectivity index (χ0) is 31.6. The fourth-order valence-corrected chi connectivity index (χ4v) is 6.73. The topological polar surface area (TPSA) is 141 Å². The first kappa shape index (κ1) is 28.9. The normalized spacial score (nSPS) is 18.1. The number of H-pyrrole nitrogens is 2. The van der Waals surface area contributed by atoms with E-state index < -0.39 is 11.9 Å². The van der Waals surface area contributed by atoms with Crippen LogP contribution in [0.15, 0.2) is 43.5 Å². The molecule has 8 bridgehead atoms. The van der Waals surface area contributed by atoms with E-state index in [4.69, 9.17) is 14.7 Å². The summed E-state index contributed by atoms with van der Waals surface area (Å²) in [4.78, 5) is 41.8. The van der Waals surface area contributed by atoms with Gasteiger partial charge in [-0.05, 0) is 62.1 Å². The molecule has 0 amide bonds. The second-order valence-electron chi connectivity index (χ2n) is 11.5. The van der Waals surface area contributed by atoms with Gasteiger partial charge in [-0.2, -0.15) is 0 Å². The predicted octanol–water partition coefficient (Wildman–Crippen LogP) is 7.24. The first-order valence-corrected chi connectivity index (χ1v) is 14.5. The molecule has 224 valence electrons. The Labute approximate surface area is 254 Å². The minimum Gasteiger partial charge on any atom is -0.506 e. The lowest BCUT2D eigenvalue weighted by atomic mass is 9.85. The number of aryl methyl sites for hydroxylation is 1. The molecule has 0 saturated heterocycles. The van der Waals surface area contributed by atoms with Gasteiger partial charge in [-0.25, -0.2) is 14.8 Å². The highest BCUT2D eigenvalue weighted by molar-refractivity contribution is 6.30. The van der Waals surface area contributed by atoms with E-state index in [1.165, 1.54) is 7.11 Å². The Morgan fingerprint density at radius 2 is 1.57 bits per heavy atom. The van der Waals surface area contributed by atoms with E-state index in [1.807, 2.05) is 45.9 Å². The molecule has 5 heterocycles. The van der Waals surface area contributed by atoms with E-state index in [9.17, 15) is 19.8 Å². The van der Waals surface area contributed by atoms with E-state index in [-0.39, 0.29) is 29.6 Å². The zero-order valence-corrected chi connectivity index (χ0v) is 25.4. The van der Waals surface area contributed by atoms with E-state index in [2.05, 4.69) is 23.1 Å². The number of aliphatic hydroxyl groups excluding tert-OH is 1. The van der Waals surface area contributed by atoms with Gasteiger partial charge in [-0.3, -0.25) is 4.79 Å². The number of aliphatic carboxylic acids is 1. The molecule has 2 atom stereocenters. The lowest BCUT2D eigenvalue weighted by Gasteiger charge is -2.17. The molecular formula is C35H34N4O5. The molecule has 2 aromatic heterocycles. The van der Waals surface area contributed by atoms with Crippen LogP contribution in [0, 0.1) is 6.92 Å². The summed E-state index contributed by atoms with van der Waals surface area (Å²) in [6, 6.07) is 5.84. The molecule has 0 spiro atoms. The Kier molecular flexibility index (Phi) is 6.91. The van der Waals surface area contributed by atoms with Gasteiger partial charge >= 0.3 is 11.9 Å². The van der Waals surface area contributed by atoms with Crippen molar-refractivity contribution in [3.8, 4) is 0 Å². The van der Waals surface area contributed by atoms with Crippen LogP contribution < -0.4 is 0 Å². The van der Waals surface area contributed by atoms with Crippen LogP contribution in [0.3, 0.4) is 0 Å². The summed E-state index contributed by atoms with van der Waals surface area (Å²) in [5, 5.41) is 21.1. The number of hydrogen-bond donors (Lipinski definition) is 4. The van der Waals surface area contributed by atoms with Crippen LogP contribution in [-0.4, -0.2) is 49.2 Å². The smallest absolute Gasteiger partial charge is 0.342 e. The summed E-state index contributed by atoms with van der Waals surface area (Å²) in [7, 11) is 1.27. The molecule has 0 saturated carbocycles. The van der Waals surface area contributed by atoms with Crippen LogP contribution in [0.5, 0.6) is 0 Å². The van der Waals surface area contributed by atoms with Gasteiger partial charge in [-0.1, -0.05) is 32.2 Å². The number of nitrogens with zero attached hydrogens (tertiary/aromatic N) is 2. The zero-order valence-electron chi connectivity index (χ0n) is 25.4. The van der Waals surface area contributed by atoms with Gasteiger partial charge in [0, 0.05) is 57.4 Å². The third-order valence-electron chi connectivity index (χ3n) is 9.20. The largest absolute Gasteiger partial charge is 0.506 e. The van der Waals surface area contributed by atoms with Crippen molar-refractivity contribution in [3.63, 3.8) is 0 Å². The third-order valence-corrected chi connectivity index (χ3v) is 9.20. The molecule has 1 aliphatic carbocycles. The molecule has 3 aliphatic heterocycles. The molecule has 4 aliphatic rings. The molecule has 0 radical (unpaired) electrons. The summed E-state index contributed by atoms with van der Waals surface area (Å²) in [5.41, 5.74) is 11.1. The Morgan fingerprint density at radius 1 is 0.955 bits per heavy atom. The molecule has 44 heavy (non-hydrogen) atoms. The van der Waals surface area contributed by atoms with Gasteiger partial charge in [-0.15, -0.1) is 0 Å². The quantitative estimate of drug-likeness (QED) is 0.260. The minimum absolute atomic E-state index is 0.0329. The number of carbonyl (C=O) groups excluding carboxylic acids is 1. The highest BCUT2D eigenvalue weighted by Crippen LogP contribution is 2.49. The summed E-state index contributed by atoms with van der Waals surface area (Å²) < 4.78 is 5.13. The van der Waals surface area contributed by atoms with Gasteiger partial charge in [0.1, 0.15) is 11.3 Å². The first-order valence-electron chi connectivity index (χ1n) is 14.5. The highest BCUT2D eigenvalue weighted by Gasteiger charge is 2.39. The number of carboxylic acid groups (broad SMARTS) is 1. The summed E-state index contributed by atoms with van der Waals surface area (Å²) >= 11 is 0. The molecule has 9 nitrogen and oxygen atoms in total. The standard InChI is InChI=1S/C35H34N4O5/c1-8-19-15(3)22-12-24-17(5)21(10-11-28(40)41)32(38-24)30-31(35(43)44-7)34(42)29-18(6)25(39-33(29)30)14-27-20(9-2)16(4)23(37-27)13-26(19)36-22/h8-9,12-14,17,21,38-39,42H,1-2,10-11H2,3-7H3,(H,40,41)/t17-,21-/m0/s1. The number of carbonyl (C=O) groups is 2. The van der Waals surface area contributed by atoms with Crippen molar-refractivity contribution in [3.05, 3.63) is 94.4 Å². The van der Waals surface area contributed by atoms with E-state index in [1.54, 1.807) is 12.2 Å². The number of nitrogens with one attached hydrogen (secondary N) is 2. The highest BCUT2D eigenvalue weighted by atomic mass is 16.5. The number of allylic oxidation sites excluding steroid dienone is 6. The number of rotatable bonds is 6. The number of aliphatic hydroxyl groups is 1. The molecule has 9 heteroatoms. The number of ether oxygens (including phenoxy) is 1. The summed E-state index contributed by atoms with van der Waals surface area (Å²) in [5.74, 6) is -2.24. The van der Waals surface area contributed by atoms with Crippen molar-refractivity contribution in [1.82, 2.24) is 19.9 Å². The van der Waals surface area contributed by atoms with Crippen molar-refractivity contribution in [2.45, 2.75) is 52.4 Å². The van der Waals surface area contributed by atoms with Crippen LogP contribution in [0.25, 0.3) is 44.7 Å². The Hall–Kier alpha value is -5.18. The number of esters is 1. The molecular weight excluding hydrogens is 556 g/mol. The SMILES string of the molecule is C=CC1=C(C)c2cc3[nH]c(c4c5[nH]c(cc6nc(cc1n2)C(C)=C6C=C)c(C)c5C(O)=C4C(=O)OC)[C@@H](CCC(=O)O)[C@@H]3C. The number of methoxy groups -OCH3 is 1. The van der Waals surface area contributed by atoms with Gasteiger partial charge < -0.3 is 24.9 Å². The maximum atomic E-state index is 13.2. The number of aromatic nitrogens is 4. The molecule has 6 rings (SSSR count).